The second-order valence-electron chi connectivity index (χ2n) is 3.59. The van der Waals surface area contributed by atoms with Crippen molar-refractivity contribution in [1.29, 1.82) is 0 Å². The van der Waals surface area contributed by atoms with E-state index in [1.807, 2.05) is 0 Å². The lowest BCUT2D eigenvalue weighted by atomic mass is 10.1. The molecule has 0 aliphatic heterocycles. The maximum atomic E-state index is 11.3. The van der Waals surface area contributed by atoms with Crippen molar-refractivity contribution in [1.82, 2.24) is 0 Å². The summed E-state index contributed by atoms with van der Waals surface area (Å²) in [5.41, 5.74) is 0. The Morgan fingerprint density at radius 2 is 1.67 bits per heavy atom. The summed E-state index contributed by atoms with van der Waals surface area (Å²) in [6, 6.07) is 0. The second-order valence-corrected chi connectivity index (χ2v) is 6.36. The molecule has 92 valence electrons. The summed E-state index contributed by atoms with van der Waals surface area (Å²) >= 11 is 3.39. The Labute approximate surface area is 101 Å². The number of hydrogen-bond acceptors (Lipinski definition) is 2. The van der Waals surface area contributed by atoms with Crippen molar-refractivity contribution in [2.24, 2.45) is 0 Å². The van der Waals surface area contributed by atoms with Crippen molar-refractivity contribution < 1.29 is 14.0 Å². The van der Waals surface area contributed by atoms with E-state index in [4.69, 9.17) is 4.52 Å². The molecule has 1 atom stereocenters. The average molecular weight is 301 g/mol. The van der Waals surface area contributed by atoms with Crippen LogP contribution in [0.5, 0.6) is 0 Å². The van der Waals surface area contributed by atoms with Crippen LogP contribution in [-0.2, 0) is 9.09 Å². The molecule has 1 unspecified atom stereocenters. The molecule has 0 rings (SSSR count). The molecule has 0 spiro atoms. The largest absolute Gasteiger partial charge is 0.328 e. The van der Waals surface area contributed by atoms with Gasteiger partial charge in [0.15, 0.2) is 0 Å². The van der Waals surface area contributed by atoms with Gasteiger partial charge in [-0.25, -0.2) is 0 Å². The molecule has 0 amide bonds. The lowest BCUT2D eigenvalue weighted by Gasteiger charge is -2.09. The highest BCUT2D eigenvalue weighted by Gasteiger charge is 2.16. The molecule has 0 aromatic rings. The van der Waals surface area contributed by atoms with Crippen LogP contribution >= 0.6 is 23.5 Å². The molecule has 0 aromatic carbocycles. The molecule has 0 saturated heterocycles. The molecule has 1 N–H and O–H groups in total. The van der Waals surface area contributed by atoms with Crippen LogP contribution in [0.2, 0.25) is 0 Å². The fraction of sp³-hybridized carbons (Fsp3) is 1.00. The summed E-state index contributed by atoms with van der Waals surface area (Å²) < 4.78 is 16.1. The van der Waals surface area contributed by atoms with Gasteiger partial charge in [-0.15, -0.1) is 0 Å². The van der Waals surface area contributed by atoms with E-state index < -0.39 is 7.60 Å². The van der Waals surface area contributed by atoms with Crippen molar-refractivity contribution in [2.75, 3.05) is 18.1 Å². The Kier molecular flexibility index (Phi) is 10.2. The van der Waals surface area contributed by atoms with Gasteiger partial charge in [-0.2, -0.15) is 0 Å². The number of unbranched alkanes of at least 4 members (excludes halogenated alkanes) is 5. The second kappa shape index (κ2) is 9.83. The van der Waals surface area contributed by atoms with E-state index in [-0.39, 0.29) is 0 Å². The first-order valence-electron chi connectivity index (χ1n) is 5.64. The predicted molar refractivity (Wildman–Crippen MR) is 67.8 cm³/mol. The lowest BCUT2D eigenvalue weighted by molar-refractivity contribution is 0.272. The van der Waals surface area contributed by atoms with E-state index in [1.54, 1.807) is 6.92 Å². The van der Waals surface area contributed by atoms with Crippen LogP contribution in [-0.4, -0.2) is 23.0 Å². The number of hydrogen-bond donors (Lipinski definition) is 1. The third-order valence-electron chi connectivity index (χ3n) is 2.16. The van der Waals surface area contributed by atoms with Crippen LogP contribution in [0.1, 0.15) is 45.4 Å². The van der Waals surface area contributed by atoms with Gasteiger partial charge in [0.05, 0.1) is 6.61 Å². The highest BCUT2D eigenvalue weighted by atomic mass is 79.9. The van der Waals surface area contributed by atoms with Crippen LogP contribution in [0, 0.1) is 0 Å². The molecule has 0 aliphatic carbocycles. The fourth-order valence-corrected chi connectivity index (χ4v) is 2.93. The van der Waals surface area contributed by atoms with Crippen molar-refractivity contribution in [3.05, 3.63) is 0 Å². The zero-order valence-electron chi connectivity index (χ0n) is 9.45. The Hall–Kier alpha value is 0.630. The van der Waals surface area contributed by atoms with Crippen LogP contribution < -0.4 is 0 Å². The standard InChI is InChI=1S/C10H22BrO3P/c1-2-14-15(12,13)10-8-6-4-3-5-7-9-11/h2-10H2,1H3,(H,12,13). The average Bonchev–Trinajstić information content (AvgIpc) is 2.16. The molecule has 15 heavy (non-hydrogen) atoms. The van der Waals surface area contributed by atoms with Crippen molar-refractivity contribution >= 4 is 23.5 Å². The summed E-state index contributed by atoms with van der Waals surface area (Å²) in [6.07, 6.45) is 6.96. The zero-order valence-corrected chi connectivity index (χ0v) is 11.9. The summed E-state index contributed by atoms with van der Waals surface area (Å²) in [5.74, 6) is 0. The monoisotopic (exact) mass is 300 g/mol. The highest BCUT2D eigenvalue weighted by molar-refractivity contribution is 9.09. The Morgan fingerprint density at radius 1 is 1.13 bits per heavy atom. The van der Waals surface area contributed by atoms with Crippen LogP contribution in [0.3, 0.4) is 0 Å². The van der Waals surface area contributed by atoms with Gasteiger partial charge >= 0.3 is 7.60 Å². The third kappa shape index (κ3) is 10.9. The molecule has 3 nitrogen and oxygen atoms in total. The Balaban J connectivity index is 3.26. The topological polar surface area (TPSA) is 46.5 Å². The molecular formula is C10H22BrO3P. The quantitative estimate of drug-likeness (QED) is 0.377. The van der Waals surface area contributed by atoms with E-state index in [2.05, 4.69) is 15.9 Å². The van der Waals surface area contributed by atoms with E-state index >= 15 is 0 Å². The minimum atomic E-state index is -3.26. The molecule has 0 fully saturated rings. The van der Waals surface area contributed by atoms with Crippen LogP contribution in [0.4, 0.5) is 0 Å². The van der Waals surface area contributed by atoms with Gasteiger partial charge in [-0.1, -0.05) is 41.6 Å². The van der Waals surface area contributed by atoms with Crippen molar-refractivity contribution in [3.8, 4) is 0 Å². The Bertz CT molecular complexity index is 188. The van der Waals surface area contributed by atoms with Gasteiger partial charge in [0.2, 0.25) is 0 Å². The molecule has 0 radical (unpaired) electrons. The molecule has 0 aromatic heterocycles. The molecule has 0 heterocycles. The number of halogens is 1. The van der Waals surface area contributed by atoms with E-state index in [0.29, 0.717) is 12.8 Å². The summed E-state index contributed by atoms with van der Waals surface area (Å²) in [6.45, 7) is 2.06. The zero-order chi connectivity index (χ0) is 11.6. The summed E-state index contributed by atoms with van der Waals surface area (Å²) in [7, 11) is -3.26. The first kappa shape index (κ1) is 15.6. The minimum Gasteiger partial charge on any atom is -0.324 e. The minimum absolute atomic E-state index is 0.305. The van der Waals surface area contributed by atoms with E-state index in [1.165, 1.54) is 19.3 Å². The van der Waals surface area contributed by atoms with Crippen LogP contribution in [0.15, 0.2) is 0 Å². The number of rotatable bonds is 10. The van der Waals surface area contributed by atoms with Gasteiger partial charge < -0.3 is 9.42 Å². The van der Waals surface area contributed by atoms with Gasteiger partial charge in [-0.3, -0.25) is 4.57 Å². The van der Waals surface area contributed by atoms with Gasteiger partial charge in [0.25, 0.3) is 0 Å². The maximum Gasteiger partial charge on any atom is 0.328 e. The fourth-order valence-electron chi connectivity index (χ4n) is 1.38. The molecule has 5 heteroatoms. The normalized spacial score (nSPS) is 15.1. The molecule has 0 saturated carbocycles. The highest BCUT2D eigenvalue weighted by Crippen LogP contribution is 2.42. The Morgan fingerprint density at radius 3 is 2.20 bits per heavy atom. The van der Waals surface area contributed by atoms with Gasteiger partial charge in [0.1, 0.15) is 0 Å². The van der Waals surface area contributed by atoms with Crippen molar-refractivity contribution in [2.45, 2.75) is 45.4 Å². The smallest absolute Gasteiger partial charge is 0.324 e. The first-order chi connectivity index (χ1) is 7.12. The van der Waals surface area contributed by atoms with Crippen molar-refractivity contribution in [3.63, 3.8) is 0 Å². The molecular weight excluding hydrogens is 279 g/mol. The molecule has 0 bridgehead atoms. The maximum absolute atomic E-state index is 11.3. The SMILES string of the molecule is CCOP(=O)(O)CCCCCCCCBr. The van der Waals surface area contributed by atoms with E-state index in [0.717, 1.165) is 24.6 Å². The first-order valence-corrected chi connectivity index (χ1v) is 8.53. The van der Waals surface area contributed by atoms with Gasteiger partial charge in [0, 0.05) is 11.5 Å². The van der Waals surface area contributed by atoms with Crippen LogP contribution in [0.25, 0.3) is 0 Å². The van der Waals surface area contributed by atoms with Gasteiger partial charge in [-0.05, 0) is 19.8 Å². The predicted octanol–water partition coefficient (Wildman–Crippen LogP) is 3.94. The summed E-state index contributed by atoms with van der Waals surface area (Å²) in [5, 5.41) is 1.07. The third-order valence-corrected chi connectivity index (χ3v) is 4.26. The summed E-state index contributed by atoms with van der Waals surface area (Å²) in [4.78, 5) is 9.28. The molecule has 0 aliphatic rings. The number of alkyl halides is 1. The van der Waals surface area contributed by atoms with E-state index in [9.17, 15) is 9.46 Å². The lowest BCUT2D eigenvalue weighted by Crippen LogP contribution is -1.94.